The van der Waals surface area contributed by atoms with Crippen LogP contribution in [0.2, 0.25) is 0 Å². The normalized spacial score (nSPS) is 20.0. The second-order valence-electron chi connectivity index (χ2n) is 17.7. The summed E-state index contributed by atoms with van der Waals surface area (Å²) in [5.74, 6) is -0.407. The topological polar surface area (TPSA) is 178 Å². The van der Waals surface area contributed by atoms with Gasteiger partial charge in [0.05, 0.1) is 19.8 Å². The van der Waals surface area contributed by atoms with Crippen LogP contribution in [-0.4, -0.2) is 97.5 Å². The molecular weight excluding hydrogens is 873 g/mol. The van der Waals surface area contributed by atoms with Crippen LogP contribution < -0.4 is 0 Å². The number of allylic oxidation sites excluding steroid dienone is 12. The molecule has 0 aromatic rings. The zero-order valence-corrected chi connectivity index (χ0v) is 42.5. The van der Waals surface area contributed by atoms with Crippen molar-refractivity contribution in [3.05, 3.63) is 72.9 Å². The number of aliphatic hydroxyl groups is 3. The van der Waals surface area contributed by atoms with E-state index in [1.54, 1.807) is 0 Å². The van der Waals surface area contributed by atoms with Gasteiger partial charge >= 0.3 is 16.4 Å². The number of ether oxygens (including phenoxy) is 4. The lowest BCUT2D eigenvalue weighted by Gasteiger charge is -2.41. The summed E-state index contributed by atoms with van der Waals surface area (Å²) in [7, 11) is -5.07. The van der Waals surface area contributed by atoms with Gasteiger partial charge in [0, 0.05) is 13.0 Å². The maximum absolute atomic E-state index is 12.9. The van der Waals surface area contributed by atoms with Gasteiger partial charge in [0.1, 0.15) is 30.5 Å². The maximum Gasteiger partial charge on any atom is 0.397 e. The molecule has 1 aliphatic heterocycles. The smallest absolute Gasteiger partial charge is 0.397 e. The molecule has 67 heavy (non-hydrogen) atoms. The highest BCUT2D eigenvalue weighted by Gasteiger charge is 2.48. The summed E-state index contributed by atoms with van der Waals surface area (Å²) in [6.45, 7) is 3.84. The number of esters is 1. The Morgan fingerprint density at radius 2 is 1.03 bits per heavy atom. The molecule has 0 spiro atoms. The summed E-state index contributed by atoms with van der Waals surface area (Å²) < 4.78 is 59.3. The van der Waals surface area contributed by atoms with Gasteiger partial charge in [-0.25, -0.2) is 4.18 Å². The van der Waals surface area contributed by atoms with Gasteiger partial charge in [-0.1, -0.05) is 202 Å². The Morgan fingerprint density at radius 3 is 1.51 bits per heavy atom. The predicted molar refractivity (Wildman–Crippen MR) is 271 cm³/mol. The number of hydrogen-bond acceptors (Lipinski definition) is 11. The van der Waals surface area contributed by atoms with Crippen LogP contribution in [0.4, 0.5) is 0 Å². The van der Waals surface area contributed by atoms with Crippen molar-refractivity contribution in [3.8, 4) is 0 Å². The summed E-state index contributed by atoms with van der Waals surface area (Å²) in [6, 6.07) is 0. The van der Waals surface area contributed by atoms with Crippen LogP contribution in [0.5, 0.6) is 0 Å². The molecule has 0 amide bonds. The van der Waals surface area contributed by atoms with Crippen molar-refractivity contribution in [3.63, 3.8) is 0 Å². The molecule has 6 unspecified atom stereocenters. The molecule has 0 radical (unpaired) electrons. The second kappa shape index (κ2) is 44.7. The lowest BCUT2D eigenvalue weighted by atomic mass is 9.99. The van der Waals surface area contributed by atoms with Gasteiger partial charge < -0.3 is 34.3 Å². The monoisotopic (exact) mass is 967 g/mol. The lowest BCUT2D eigenvalue weighted by Crippen LogP contribution is -2.60. The molecule has 4 N–H and O–H groups in total. The van der Waals surface area contributed by atoms with E-state index in [0.29, 0.717) is 13.0 Å². The number of aliphatic hydroxyl groups excluding tert-OH is 3. The minimum absolute atomic E-state index is 0.0210. The zero-order chi connectivity index (χ0) is 48.9. The number of carbonyl (C=O) groups is 1. The van der Waals surface area contributed by atoms with E-state index in [0.717, 1.165) is 96.3 Å². The molecule has 12 nitrogen and oxygen atoms in total. The molecule has 0 saturated carbocycles. The predicted octanol–water partition coefficient (Wildman–Crippen LogP) is 12.2. The number of hydrogen-bond donors (Lipinski definition) is 4. The minimum atomic E-state index is -5.07. The van der Waals surface area contributed by atoms with E-state index in [1.807, 2.05) is 0 Å². The van der Waals surface area contributed by atoms with E-state index < -0.39 is 59.8 Å². The molecule has 1 heterocycles. The van der Waals surface area contributed by atoms with Crippen molar-refractivity contribution in [1.82, 2.24) is 0 Å². The zero-order valence-electron chi connectivity index (χ0n) is 41.7. The van der Waals surface area contributed by atoms with Gasteiger partial charge in [-0.05, 0) is 64.2 Å². The largest absolute Gasteiger partial charge is 0.457 e. The van der Waals surface area contributed by atoms with Crippen molar-refractivity contribution in [2.24, 2.45) is 0 Å². The lowest BCUT2D eigenvalue weighted by molar-refractivity contribution is -0.301. The Labute approximate surface area is 407 Å². The first-order valence-electron chi connectivity index (χ1n) is 26.2. The van der Waals surface area contributed by atoms with E-state index in [2.05, 4.69) is 90.9 Å². The molecule has 1 aliphatic rings. The van der Waals surface area contributed by atoms with Gasteiger partial charge in [-0.2, -0.15) is 8.42 Å². The van der Waals surface area contributed by atoms with Crippen molar-refractivity contribution >= 4 is 16.4 Å². The molecule has 0 bridgehead atoms. The van der Waals surface area contributed by atoms with Crippen molar-refractivity contribution in [2.75, 3.05) is 26.4 Å². The molecule has 0 aromatic carbocycles. The highest BCUT2D eigenvalue weighted by Crippen LogP contribution is 2.26. The van der Waals surface area contributed by atoms with Crippen LogP contribution in [-0.2, 0) is 38.3 Å². The van der Waals surface area contributed by atoms with Crippen molar-refractivity contribution < 1.29 is 56.2 Å². The highest BCUT2D eigenvalue weighted by atomic mass is 32.3. The van der Waals surface area contributed by atoms with E-state index in [9.17, 15) is 33.1 Å². The molecule has 1 rings (SSSR count). The van der Waals surface area contributed by atoms with Gasteiger partial charge in [0.25, 0.3) is 0 Å². The number of unbranched alkanes of at least 4 members (excludes halogenated alkanes) is 20. The van der Waals surface area contributed by atoms with Crippen LogP contribution in [0.25, 0.3) is 0 Å². The summed E-state index contributed by atoms with van der Waals surface area (Å²) >= 11 is 0. The third-order valence-corrected chi connectivity index (χ3v) is 12.1. The van der Waals surface area contributed by atoms with Crippen molar-refractivity contribution in [2.45, 2.75) is 237 Å². The van der Waals surface area contributed by atoms with Crippen LogP contribution in [0.15, 0.2) is 72.9 Å². The molecule has 6 atom stereocenters. The average molecular weight is 967 g/mol. The van der Waals surface area contributed by atoms with Gasteiger partial charge in [0.15, 0.2) is 6.29 Å². The highest BCUT2D eigenvalue weighted by molar-refractivity contribution is 7.80. The average Bonchev–Trinajstić information content (AvgIpc) is 3.30. The fraction of sp³-hybridized carbons (Fsp3) is 0.759. The first-order valence-corrected chi connectivity index (χ1v) is 27.6. The van der Waals surface area contributed by atoms with Gasteiger partial charge in [0.2, 0.25) is 0 Å². The fourth-order valence-electron chi connectivity index (χ4n) is 7.68. The molecule has 1 saturated heterocycles. The number of rotatable bonds is 45. The molecule has 1 fully saturated rings. The van der Waals surface area contributed by atoms with Crippen LogP contribution in [0.1, 0.15) is 200 Å². The summed E-state index contributed by atoms with van der Waals surface area (Å²) in [5.41, 5.74) is 0. The third-order valence-electron chi connectivity index (χ3n) is 11.6. The SMILES string of the molecule is CC/C=C\C/C=C\C/C=C\C/C=C\C/C=C\C/C=C\CCCCCCCOCC(COC1OC(CO)C(O)C(OS(=O)(=O)O)C1O)OC(=O)CCCCCCCCCCCCCCCCCC. The van der Waals surface area contributed by atoms with E-state index in [-0.39, 0.29) is 19.6 Å². The summed E-state index contributed by atoms with van der Waals surface area (Å²) in [5, 5.41) is 30.8. The summed E-state index contributed by atoms with van der Waals surface area (Å²) in [4.78, 5) is 12.9. The first-order chi connectivity index (χ1) is 32.6. The Balaban J connectivity index is 2.37. The van der Waals surface area contributed by atoms with Crippen LogP contribution in [0, 0.1) is 0 Å². The van der Waals surface area contributed by atoms with Gasteiger partial charge in [-0.3, -0.25) is 9.35 Å². The Kier molecular flexibility index (Phi) is 41.8. The third kappa shape index (κ3) is 38.0. The van der Waals surface area contributed by atoms with Crippen LogP contribution in [0.3, 0.4) is 0 Å². The molecule has 0 aromatic heterocycles. The second-order valence-corrected chi connectivity index (χ2v) is 18.8. The molecule has 0 aliphatic carbocycles. The molecule has 13 heteroatoms. The minimum Gasteiger partial charge on any atom is -0.457 e. The number of carbonyl (C=O) groups excluding carboxylic acids is 1. The van der Waals surface area contributed by atoms with E-state index in [1.165, 1.54) is 77.0 Å². The quantitative estimate of drug-likeness (QED) is 0.0197. The van der Waals surface area contributed by atoms with E-state index in [4.69, 9.17) is 18.9 Å². The van der Waals surface area contributed by atoms with E-state index >= 15 is 0 Å². The molecule has 388 valence electrons. The maximum atomic E-state index is 12.9. The fourth-order valence-corrected chi connectivity index (χ4v) is 8.18. The standard InChI is InChI=1S/C54H94O12S/c1-3-5-7-9-11-13-15-17-19-21-22-23-24-25-26-27-28-30-32-34-36-38-40-42-44-62-46-48(47-63-54-52(58)53(66-67(59,60)61)51(57)49(45-55)65-54)64-50(56)43-41-39-37-35-33-31-29-20-18-16-14-12-10-8-6-4-2/h5,7,11,13,17,19,22-23,25-26,28,30,48-49,51-55,57-58H,3-4,6,8-10,12,14-16,18,20-21,24,27,29,31-47H2,1-2H3,(H,59,60,61)/b7-5-,13-11-,19-17-,23-22-,26-25-,30-28-. The first kappa shape index (κ1) is 62.6. The van der Waals surface area contributed by atoms with Crippen LogP contribution >= 0.6 is 0 Å². The summed E-state index contributed by atoms with van der Waals surface area (Å²) in [6.07, 6.45) is 49.3. The van der Waals surface area contributed by atoms with Gasteiger partial charge in [-0.15, -0.1) is 0 Å². The Bertz CT molecular complexity index is 1440. The van der Waals surface area contributed by atoms with Crippen molar-refractivity contribution in [1.29, 1.82) is 0 Å². The Hall–Kier alpha value is -2.46. The molecular formula is C54H94O12S. The Morgan fingerprint density at radius 1 is 0.582 bits per heavy atom.